The molecule has 1 saturated carbocycles. The van der Waals surface area contributed by atoms with Gasteiger partial charge in [0.1, 0.15) is 0 Å². The van der Waals surface area contributed by atoms with Crippen molar-refractivity contribution in [3.8, 4) is 6.07 Å². The lowest BCUT2D eigenvalue weighted by Gasteiger charge is -2.38. The Balaban J connectivity index is 2.59. The Morgan fingerprint density at radius 3 is 2.70 bits per heavy atom. The van der Waals surface area contributed by atoms with Gasteiger partial charge in [-0.25, -0.2) is 0 Å². The third-order valence-corrected chi connectivity index (χ3v) is 4.20. The molecule has 20 heavy (non-hydrogen) atoms. The smallest absolute Gasteiger partial charge is 0.234 e. The number of hydrogen-bond acceptors (Lipinski definition) is 3. The summed E-state index contributed by atoms with van der Waals surface area (Å²) in [6, 6.07) is 2.83. The normalized spacial score (nSPS) is 26.6. The van der Waals surface area contributed by atoms with Crippen LogP contribution in [0.4, 0.5) is 0 Å². The second kappa shape index (κ2) is 8.26. The molecule has 0 spiro atoms. The molecule has 1 amide bonds. The number of amides is 1. The molecule has 4 heteroatoms. The number of nitrogens with zero attached hydrogens (tertiary/aromatic N) is 2. The summed E-state index contributed by atoms with van der Waals surface area (Å²) in [4.78, 5) is 13.9. The first-order valence-corrected chi connectivity index (χ1v) is 7.87. The van der Waals surface area contributed by atoms with Crippen molar-refractivity contribution in [1.82, 2.24) is 10.2 Å². The van der Waals surface area contributed by atoms with E-state index in [0.717, 1.165) is 19.3 Å². The van der Waals surface area contributed by atoms with E-state index in [4.69, 9.17) is 0 Å². The molecule has 0 aromatic carbocycles. The van der Waals surface area contributed by atoms with E-state index in [0.29, 0.717) is 12.5 Å². The zero-order valence-electron chi connectivity index (χ0n) is 13.4. The molecule has 1 rings (SSSR count). The summed E-state index contributed by atoms with van der Waals surface area (Å²) in [5, 5.41) is 12.2. The van der Waals surface area contributed by atoms with Crippen LogP contribution in [0.15, 0.2) is 0 Å². The zero-order valence-corrected chi connectivity index (χ0v) is 13.4. The van der Waals surface area contributed by atoms with Crippen molar-refractivity contribution in [3.05, 3.63) is 0 Å². The topological polar surface area (TPSA) is 56.1 Å². The summed E-state index contributed by atoms with van der Waals surface area (Å²) in [7, 11) is 1.98. The SMILES string of the molecule is CCCC1CCC(C#N)C(N(C)CC(=O)NC(C)C)C1. The van der Waals surface area contributed by atoms with E-state index >= 15 is 0 Å². The van der Waals surface area contributed by atoms with Gasteiger partial charge in [-0.3, -0.25) is 9.69 Å². The van der Waals surface area contributed by atoms with Crippen LogP contribution >= 0.6 is 0 Å². The highest BCUT2D eigenvalue weighted by Gasteiger charge is 2.33. The third kappa shape index (κ3) is 5.13. The lowest BCUT2D eigenvalue weighted by molar-refractivity contribution is -0.123. The number of carbonyl (C=O) groups excluding carboxylic acids is 1. The number of hydrogen-bond donors (Lipinski definition) is 1. The Morgan fingerprint density at radius 2 is 2.15 bits per heavy atom. The van der Waals surface area contributed by atoms with Gasteiger partial charge in [0.05, 0.1) is 18.5 Å². The zero-order chi connectivity index (χ0) is 15.1. The second-order valence-corrected chi connectivity index (χ2v) is 6.41. The Bertz CT molecular complexity index is 348. The van der Waals surface area contributed by atoms with Crippen LogP contribution in [-0.4, -0.2) is 36.5 Å². The molecule has 0 bridgehead atoms. The van der Waals surface area contributed by atoms with Gasteiger partial charge < -0.3 is 5.32 Å². The highest BCUT2D eigenvalue weighted by Crippen LogP contribution is 2.33. The van der Waals surface area contributed by atoms with E-state index in [-0.39, 0.29) is 23.9 Å². The van der Waals surface area contributed by atoms with Crippen LogP contribution in [0.2, 0.25) is 0 Å². The fourth-order valence-corrected chi connectivity index (χ4v) is 3.25. The maximum absolute atomic E-state index is 11.9. The van der Waals surface area contributed by atoms with Gasteiger partial charge >= 0.3 is 0 Å². The maximum Gasteiger partial charge on any atom is 0.234 e. The Labute approximate surface area is 123 Å². The van der Waals surface area contributed by atoms with Crippen molar-refractivity contribution in [2.75, 3.05) is 13.6 Å². The molecule has 0 aromatic rings. The molecule has 0 radical (unpaired) electrons. The van der Waals surface area contributed by atoms with Crippen LogP contribution in [-0.2, 0) is 4.79 Å². The number of nitrogens with one attached hydrogen (secondary N) is 1. The predicted molar refractivity (Wildman–Crippen MR) is 81.0 cm³/mol. The fourth-order valence-electron chi connectivity index (χ4n) is 3.25. The number of nitriles is 1. The average Bonchev–Trinajstić information content (AvgIpc) is 2.37. The number of likely N-dealkylation sites (N-methyl/N-ethyl adjacent to an activating group) is 1. The molecule has 3 unspecified atom stereocenters. The molecule has 0 saturated heterocycles. The number of rotatable bonds is 6. The van der Waals surface area contributed by atoms with Gasteiger partial charge in [0.15, 0.2) is 0 Å². The monoisotopic (exact) mass is 279 g/mol. The van der Waals surface area contributed by atoms with E-state index in [1.807, 2.05) is 20.9 Å². The molecule has 0 heterocycles. The summed E-state index contributed by atoms with van der Waals surface area (Å²) < 4.78 is 0. The highest BCUT2D eigenvalue weighted by atomic mass is 16.2. The molecular formula is C16H29N3O. The third-order valence-electron chi connectivity index (χ3n) is 4.20. The summed E-state index contributed by atoms with van der Waals surface area (Å²) in [6.45, 7) is 6.53. The van der Waals surface area contributed by atoms with E-state index in [1.54, 1.807) is 0 Å². The van der Waals surface area contributed by atoms with E-state index in [9.17, 15) is 10.1 Å². The van der Waals surface area contributed by atoms with Crippen LogP contribution in [0.25, 0.3) is 0 Å². The largest absolute Gasteiger partial charge is 0.353 e. The minimum absolute atomic E-state index is 0.0526. The molecule has 0 aromatic heterocycles. The first-order valence-electron chi connectivity index (χ1n) is 7.87. The van der Waals surface area contributed by atoms with E-state index < -0.39 is 0 Å². The fraction of sp³-hybridized carbons (Fsp3) is 0.875. The van der Waals surface area contributed by atoms with Gasteiger partial charge in [0, 0.05) is 12.1 Å². The lowest BCUT2D eigenvalue weighted by atomic mass is 9.76. The Morgan fingerprint density at radius 1 is 1.45 bits per heavy atom. The van der Waals surface area contributed by atoms with Crippen LogP contribution in [0.5, 0.6) is 0 Å². The molecule has 1 fully saturated rings. The molecule has 1 aliphatic carbocycles. The molecular weight excluding hydrogens is 250 g/mol. The standard InChI is InChI=1S/C16H29N3O/c1-5-6-13-7-8-14(10-17)15(9-13)19(4)11-16(20)18-12(2)3/h12-15H,5-9,11H2,1-4H3,(H,18,20). The quantitative estimate of drug-likeness (QED) is 0.813. The summed E-state index contributed by atoms with van der Waals surface area (Å²) in [6.07, 6.45) is 5.63. The van der Waals surface area contributed by atoms with Crippen molar-refractivity contribution in [1.29, 1.82) is 5.26 Å². The van der Waals surface area contributed by atoms with Crippen LogP contribution in [0.1, 0.15) is 52.9 Å². The van der Waals surface area contributed by atoms with Gasteiger partial charge in [0.25, 0.3) is 0 Å². The van der Waals surface area contributed by atoms with Crippen molar-refractivity contribution in [2.45, 2.75) is 65.0 Å². The highest BCUT2D eigenvalue weighted by molar-refractivity contribution is 5.78. The van der Waals surface area contributed by atoms with E-state index in [1.165, 1.54) is 12.8 Å². The number of carbonyl (C=O) groups is 1. The Kier molecular flexibility index (Phi) is 7.01. The van der Waals surface area contributed by atoms with Gasteiger partial charge in [-0.05, 0) is 46.1 Å². The van der Waals surface area contributed by atoms with E-state index in [2.05, 4.69) is 23.2 Å². The lowest BCUT2D eigenvalue weighted by Crippen LogP contribution is -2.47. The Hall–Kier alpha value is -1.08. The molecule has 114 valence electrons. The first-order chi connectivity index (χ1) is 9.47. The van der Waals surface area contributed by atoms with Crippen LogP contribution in [0, 0.1) is 23.2 Å². The molecule has 3 atom stereocenters. The van der Waals surface area contributed by atoms with Crippen molar-refractivity contribution in [3.63, 3.8) is 0 Å². The second-order valence-electron chi connectivity index (χ2n) is 6.41. The van der Waals surface area contributed by atoms with Crippen LogP contribution in [0.3, 0.4) is 0 Å². The summed E-state index contributed by atoms with van der Waals surface area (Å²) in [5.74, 6) is 0.835. The minimum atomic E-state index is 0.0526. The molecule has 0 aliphatic heterocycles. The first kappa shape index (κ1) is 17.0. The van der Waals surface area contributed by atoms with Crippen molar-refractivity contribution in [2.24, 2.45) is 11.8 Å². The minimum Gasteiger partial charge on any atom is -0.353 e. The average molecular weight is 279 g/mol. The molecule has 1 N–H and O–H groups in total. The van der Waals surface area contributed by atoms with Gasteiger partial charge in [-0.2, -0.15) is 5.26 Å². The van der Waals surface area contributed by atoms with Crippen molar-refractivity contribution >= 4 is 5.91 Å². The summed E-state index contributed by atoms with van der Waals surface area (Å²) >= 11 is 0. The molecule has 4 nitrogen and oxygen atoms in total. The van der Waals surface area contributed by atoms with Gasteiger partial charge in [0.2, 0.25) is 5.91 Å². The predicted octanol–water partition coefficient (Wildman–Crippen LogP) is 2.55. The molecule has 1 aliphatic rings. The van der Waals surface area contributed by atoms with Gasteiger partial charge in [-0.15, -0.1) is 0 Å². The van der Waals surface area contributed by atoms with Crippen molar-refractivity contribution < 1.29 is 4.79 Å². The van der Waals surface area contributed by atoms with Gasteiger partial charge in [-0.1, -0.05) is 19.8 Å². The summed E-state index contributed by atoms with van der Waals surface area (Å²) in [5.41, 5.74) is 0. The maximum atomic E-state index is 11.9. The van der Waals surface area contributed by atoms with Crippen LogP contribution < -0.4 is 5.32 Å².